The van der Waals surface area contributed by atoms with E-state index in [9.17, 15) is 13.7 Å². The molecular weight excluding hydrogens is 418 g/mol. The van der Waals surface area contributed by atoms with Gasteiger partial charge in [-0.15, -0.1) is 0 Å². The number of anilines is 1. The van der Waals surface area contributed by atoms with Gasteiger partial charge in [-0.1, -0.05) is 24.3 Å². The molecular formula is C22H21N3O5S. The Bertz CT molecular complexity index is 1270. The van der Waals surface area contributed by atoms with E-state index in [1.54, 1.807) is 49.4 Å². The number of fused-ring (bicyclic) bond motifs is 2. The van der Waals surface area contributed by atoms with E-state index in [0.29, 0.717) is 28.3 Å². The van der Waals surface area contributed by atoms with Gasteiger partial charge in [-0.05, 0) is 25.1 Å². The number of nitrogens with zero attached hydrogens (tertiary/aromatic N) is 2. The second kappa shape index (κ2) is 7.56. The van der Waals surface area contributed by atoms with Crippen molar-refractivity contribution in [2.45, 2.75) is 12.8 Å². The predicted molar refractivity (Wildman–Crippen MR) is 116 cm³/mol. The van der Waals surface area contributed by atoms with Crippen LogP contribution >= 0.6 is 0 Å². The van der Waals surface area contributed by atoms with Crippen LogP contribution in [-0.4, -0.2) is 29.2 Å². The van der Waals surface area contributed by atoms with Gasteiger partial charge >= 0.3 is 0 Å². The Hall–Kier alpha value is -3.64. The van der Waals surface area contributed by atoms with E-state index in [0.717, 1.165) is 0 Å². The second-order valence-corrected chi connectivity index (χ2v) is 8.72. The molecule has 2 N–H and O–H groups in total. The SMILES string of the molecule is CCN1c2ccccc2C2=C(C(c3cccc(OC)c3OC)C(C#N)=C(N)O2)S1(=O)=O. The smallest absolute Gasteiger partial charge is 0.265 e. The maximum Gasteiger partial charge on any atom is 0.265 e. The van der Waals surface area contributed by atoms with E-state index in [1.165, 1.54) is 18.5 Å². The van der Waals surface area contributed by atoms with Gasteiger partial charge < -0.3 is 19.9 Å². The number of nitriles is 1. The summed E-state index contributed by atoms with van der Waals surface area (Å²) in [5, 5.41) is 9.89. The first-order chi connectivity index (χ1) is 14.9. The fourth-order valence-electron chi connectivity index (χ4n) is 4.10. The first-order valence-corrected chi connectivity index (χ1v) is 11.0. The summed E-state index contributed by atoms with van der Waals surface area (Å²) in [4.78, 5) is -0.0506. The minimum Gasteiger partial charge on any atom is -0.493 e. The fourth-order valence-corrected chi connectivity index (χ4v) is 6.02. The number of hydrogen-bond acceptors (Lipinski definition) is 7. The molecule has 2 aromatic rings. The summed E-state index contributed by atoms with van der Waals surface area (Å²) in [6, 6.07) is 14.2. The van der Waals surface area contributed by atoms with E-state index in [2.05, 4.69) is 0 Å². The van der Waals surface area contributed by atoms with Crippen LogP contribution in [-0.2, 0) is 14.8 Å². The Labute approximate surface area is 180 Å². The van der Waals surface area contributed by atoms with Crippen LogP contribution in [0, 0.1) is 11.3 Å². The molecule has 160 valence electrons. The third kappa shape index (κ3) is 2.91. The number of benzene rings is 2. The first-order valence-electron chi connectivity index (χ1n) is 9.55. The minimum atomic E-state index is -4.05. The van der Waals surface area contributed by atoms with Crippen LogP contribution in [0.15, 0.2) is 58.8 Å². The van der Waals surface area contributed by atoms with Gasteiger partial charge in [-0.2, -0.15) is 5.26 Å². The highest BCUT2D eigenvalue weighted by Gasteiger charge is 2.47. The molecule has 0 fully saturated rings. The lowest BCUT2D eigenvalue weighted by Crippen LogP contribution is -2.39. The van der Waals surface area contributed by atoms with Gasteiger partial charge in [0.1, 0.15) is 16.5 Å². The highest BCUT2D eigenvalue weighted by atomic mass is 32.2. The van der Waals surface area contributed by atoms with Gasteiger partial charge in [-0.3, -0.25) is 4.31 Å². The number of ether oxygens (including phenoxy) is 3. The summed E-state index contributed by atoms with van der Waals surface area (Å²) in [7, 11) is -1.10. The number of nitrogens with two attached hydrogens (primary N) is 1. The molecule has 2 aliphatic rings. The Morgan fingerprint density at radius 1 is 1.16 bits per heavy atom. The van der Waals surface area contributed by atoms with E-state index in [-0.39, 0.29) is 28.7 Å². The lowest BCUT2D eigenvalue weighted by atomic mass is 9.87. The standard InChI is InChI=1S/C22H21N3O5S/c1-4-25-16-10-6-5-8-13(16)20-21(31(25,26)27)18(15(12-23)22(24)30-20)14-9-7-11-17(28-2)19(14)29-3/h5-11,18H,4,24H2,1-3H3. The van der Waals surface area contributed by atoms with Crippen molar-refractivity contribution in [1.82, 2.24) is 0 Å². The van der Waals surface area contributed by atoms with Crippen LogP contribution in [0.25, 0.3) is 5.76 Å². The molecule has 1 atom stereocenters. The summed E-state index contributed by atoms with van der Waals surface area (Å²) in [5.74, 6) is -0.323. The monoisotopic (exact) mass is 439 g/mol. The lowest BCUT2D eigenvalue weighted by Gasteiger charge is -2.38. The van der Waals surface area contributed by atoms with Crippen LogP contribution in [0.3, 0.4) is 0 Å². The molecule has 2 heterocycles. The van der Waals surface area contributed by atoms with Crippen molar-refractivity contribution in [2.24, 2.45) is 5.73 Å². The number of methoxy groups -OCH3 is 2. The summed E-state index contributed by atoms with van der Waals surface area (Å²) < 4.78 is 45.6. The predicted octanol–water partition coefficient (Wildman–Crippen LogP) is 3.05. The summed E-state index contributed by atoms with van der Waals surface area (Å²) in [6.07, 6.45) is 0. The van der Waals surface area contributed by atoms with Crippen molar-refractivity contribution in [3.05, 3.63) is 70.0 Å². The van der Waals surface area contributed by atoms with Gasteiger partial charge in [0, 0.05) is 17.7 Å². The number of sulfonamides is 1. The highest BCUT2D eigenvalue weighted by Crippen LogP contribution is 2.53. The molecule has 0 saturated heterocycles. The molecule has 4 rings (SSSR count). The molecule has 1 unspecified atom stereocenters. The highest BCUT2D eigenvalue weighted by molar-refractivity contribution is 7.97. The van der Waals surface area contributed by atoms with Crippen molar-refractivity contribution in [2.75, 3.05) is 25.1 Å². The van der Waals surface area contributed by atoms with Crippen molar-refractivity contribution in [3.63, 3.8) is 0 Å². The van der Waals surface area contributed by atoms with Crippen molar-refractivity contribution < 1.29 is 22.6 Å². The van der Waals surface area contributed by atoms with E-state index >= 15 is 0 Å². The summed E-state index contributed by atoms with van der Waals surface area (Å²) in [6.45, 7) is 1.96. The molecule has 0 saturated carbocycles. The van der Waals surface area contributed by atoms with Gasteiger partial charge in [-0.25, -0.2) is 8.42 Å². The molecule has 31 heavy (non-hydrogen) atoms. The van der Waals surface area contributed by atoms with Crippen LogP contribution < -0.4 is 19.5 Å². The summed E-state index contributed by atoms with van der Waals surface area (Å²) in [5.41, 5.74) is 7.63. The van der Waals surface area contributed by atoms with Gasteiger partial charge in [0.2, 0.25) is 5.88 Å². The zero-order valence-electron chi connectivity index (χ0n) is 17.2. The molecule has 0 aromatic heterocycles. The second-order valence-electron chi connectivity index (χ2n) is 6.89. The number of rotatable bonds is 4. The largest absolute Gasteiger partial charge is 0.493 e. The Balaban J connectivity index is 2.11. The van der Waals surface area contributed by atoms with Gasteiger partial charge in [0.25, 0.3) is 10.0 Å². The molecule has 0 spiro atoms. The number of hydrogen-bond donors (Lipinski definition) is 1. The average Bonchev–Trinajstić information content (AvgIpc) is 2.77. The van der Waals surface area contributed by atoms with Crippen molar-refractivity contribution in [3.8, 4) is 17.6 Å². The van der Waals surface area contributed by atoms with E-state index in [4.69, 9.17) is 19.9 Å². The van der Waals surface area contributed by atoms with Crippen molar-refractivity contribution in [1.29, 1.82) is 5.26 Å². The zero-order valence-corrected chi connectivity index (χ0v) is 18.1. The normalized spacial score (nSPS) is 19.2. The maximum absolute atomic E-state index is 13.8. The molecule has 0 aliphatic carbocycles. The zero-order chi connectivity index (χ0) is 22.3. The third-order valence-corrected chi connectivity index (χ3v) is 7.40. The lowest BCUT2D eigenvalue weighted by molar-refractivity contribution is 0.345. The van der Waals surface area contributed by atoms with Crippen LogP contribution in [0.1, 0.15) is 24.0 Å². The van der Waals surface area contributed by atoms with E-state index in [1.807, 2.05) is 6.07 Å². The molecule has 8 nitrogen and oxygen atoms in total. The number of para-hydroxylation sites is 2. The van der Waals surface area contributed by atoms with Gasteiger partial charge in [0.15, 0.2) is 17.3 Å². The molecule has 2 aromatic carbocycles. The minimum absolute atomic E-state index is 0.00990. The quantitative estimate of drug-likeness (QED) is 0.778. The fraction of sp³-hybridized carbons (Fsp3) is 0.227. The molecule has 0 amide bonds. The topological polar surface area (TPSA) is 115 Å². The molecule has 9 heteroatoms. The number of allylic oxidation sites excluding steroid dienone is 2. The van der Waals surface area contributed by atoms with Crippen LogP contribution in [0.5, 0.6) is 11.5 Å². The first kappa shape index (κ1) is 20.6. The molecule has 0 radical (unpaired) electrons. The Kier molecular flexibility index (Phi) is 5.03. The van der Waals surface area contributed by atoms with Gasteiger partial charge in [0.05, 0.1) is 25.8 Å². The molecule has 2 aliphatic heterocycles. The maximum atomic E-state index is 13.8. The third-order valence-electron chi connectivity index (χ3n) is 5.39. The van der Waals surface area contributed by atoms with Crippen LogP contribution in [0.4, 0.5) is 5.69 Å². The average molecular weight is 439 g/mol. The van der Waals surface area contributed by atoms with Crippen molar-refractivity contribution >= 4 is 21.5 Å². The Morgan fingerprint density at radius 3 is 2.55 bits per heavy atom. The molecule has 0 bridgehead atoms. The Morgan fingerprint density at radius 2 is 1.90 bits per heavy atom. The van der Waals surface area contributed by atoms with Crippen LogP contribution in [0.2, 0.25) is 0 Å². The summed E-state index contributed by atoms with van der Waals surface area (Å²) >= 11 is 0. The van der Waals surface area contributed by atoms with E-state index < -0.39 is 15.9 Å².